The molecule has 0 radical (unpaired) electrons. The molecule has 0 unspecified atom stereocenters. The fraction of sp³-hybridized carbons (Fsp3) is 0.444. The van der Waals surface area contributed by atoms with Crippen LogP contribution in [-0.2, 0) is 11.2 Å². The smallest absolute Gasteiger partial charge is 0.269 e. The number of non-ortho nitro benzene ring substituents is 1. The maximum atomic E-state index is 12.3. The lowest BCUT2D eigenvalue weighted by Gasteiger charge is -2.19. The molecular formula is C18H21N3O3S. The molecule has 1 N–H and O–H groups in total. The Morgan fingerprint density at radius 1 is 1.28 bits per heavy atom. The van der Waals surface area contributed by atoms with Gasteiger partial charge in [0.15, 0.2) is 5.13 Å². The number of hydrogen-bond acceptors (Lipinski definition) is 5. The normalized spacial score (nSPS) is 15.1. The molecule has 132 valence electrons. The highest BCUT2D eigenvalue weighted by atomic mass is 32.1. The number of aromatic nitrogens is 1. The Hall–Kier alpha value is -2.28. The van der Waals surface area contributed by atoms with Crippen LogP contribution in [0.1, 0.15) is 48.2 Å². The standard InChI is InChI=1S/C18H21N3O3S/c1-12-16(11-13-7-9-15(10-8-13)21(23)24)25-18(19-12)20-17(22)14-5-3-2-4-6-14/h7-10,14H,2-6,11H2,1H3,(H,19,20,22). The number of carbonyl (C=O) groups excluding carboxylic acids is 1. The molecule has 1 aliphatic carbocycles. The zero-order valence-electron chi connectivity index (χ0n) is 14.2. The molecule has 7 heteroatoms. The number of nitro benzene ring substituents is 1. The number of carbonyl (C=O) groups is 1. The SMILES string of the molecule is Cc1nc(NC(=O)C2CCCCC2)sc1Cc1ccc([N+](=O)[O-])cc1. The van der Waals surface area contributed by atoms with Gasteiger partial charge in [-0.15, -0.1) is 11.3 Å². The van der Waals surface area contributed by atoms with Gasteiger partial charge in [0, 0.05) is 29.3 Å². The summed E-state index contributed by atoms with van der Waals surface area (Å²) >= 11 is 1.48. The lowest BCUT2D eigenvalue weighted by Crippen LogP contribution is -2.24. The molecule has 1 aromatic heterocycles. The van der Waals surface area contributed by atoms with Gasteiger partial charge in [0.25, 0.3) is 5.69 Å². The largest absolute Gasteiger partial charge is 0.302 e. The average molecular weight is 359 g/mol. The molecule has 25 heavy (non-hydrogen) atoms. The molecular weight excluding hydrogens is 338 g/mol. The van der Waals surface area contributed by atoms with Crippen LogP contribution in [0.15, 0.2) is 24.3 Å². The number of nitro groups is 1. The van der Waals surface area contributed by atoms with E-state index in [0.29, 0.717) is 11.6 Å². The van der Waals surface area contributed by atoms with Crippen LogP contribution in [0.5, 0.6) is 0 Å². The lowest BCUT2D eigenvalue weighted by atomic mass is 9.89. The lowest BCUT2D eigenvalue weighted by molar-refractivity contribution is -0.384. The van der Waals surface area contributed by atoms with Gasteiger partial charge in [-0.25, -0.2) is 4.98 Å². The Kier molecular flexibility index (Phi) is 5.43. The molecule has 1 heterocycles. The predicted molar refractivity (Wildman–Crippen MR) is 98.0 cm³/mol. The molecule has 0 spiro atoms. The Balaban J connectivity index is 1.65. The second-order valence-electron chi connectivity index (χ2n) is 6.45. The van der Waals surface area contributed by atoms with Crippen molar-refractivity contribution in [2.45, 2.75) is 45.4 Å². The second-order valence-corrected chi connectivity index (χ2v) is 7.54. The molecule has 1 amide bonds. The number of anilines is 1. The first-order chi connectivity index (χ1) is 12.0. The first-order valence-corrected chi connectivity index (χ1v) is 9.35. The summed E-state index contributed by atoms with van der Waals surface area (Å²) in [6, 6.07) is 6.55. The summed E-state index contributed by atoms with van der Waals surface area (Å²) in [4.78, 5) is 28.2. The van der Waals surface area contributed by atoms with Crippen LogP contribution in [0.4, 0.5) is 10.8 Å². The molecule has 1 saturated carbocycles. The van der Waals surface area contributed by atoms with Crippen LogP contribution in [0.3, 0.4) is 0 Å². The third-order valence-corrected chi connectivity index (χ3v) is 5.68. The van der Waals surface area contributed by atoms with Gasteiger partial charge in [-0.3, -0.25) is 14.9 Å². The Bertz CT molecular complexity index is 764. The summed E-state index contributed by atoms with van der Waals surface area (Å²) in [5, 5.41) is 14.3. The van der Waals surface area contributed by atoms with Crippen molar-refractivity contribution < 1.29 is 9.72 Å². The minimum Gasteiger partial charge on any atom is -0.302 e. The minimum absolute atomic E-state index is 0.0790. The van der Waals surface area contributed by atoms with Crippen molar-refractivity contribution >= 4 is 28.1 Å². The van der Waals surface area contributed by atoms with Crippen LogP contribution in [0.2, 0.25) is 0 Å². The topological polar surface area (TPSA) is 85.1 Å². The molecule has 0 saturated heterocycles. The number of rotatable bonds is 5. The highest BCUT2D eigenvalue weighted by Crippen LogP contribution is 2.28. The van der Waals surface area contributed by atoms with Crippen molar-refractivity contribution in [1.82, 2.24) is 4.98 Å². The van der Waals surface area contributed by atoms with Gasteiger partial charge < -0.3 is 5.32 Å². The molecule has 0 atom stereocenters. The van der Waals surface area contributed by atoms with E-state index in [9.17, 15) is 14.9 Å². The number of thiazole rings is 1. The zero-order valence-corrected chi connectivity index (χ0v) is 15.0. The van der Waals surface area contributed by atoms with Crippen molar-refractivity contribution in [2.24, 2.45) is 5.92 Å². The van der Waals surface area contributed by atoms with Gasteiger partial charge in [-0.2, -0.15) is 0 Å². The molecule has 6 nitrogen and oxygen atoms in total. The Morgan fingerprint density at radius 2 is 1.96 bits per heavy atom. The predicted octanol–water partition coefficient (Wildman–Crippen LogP) is 4.47. The van der Waals surface area contributed by atoms with Crippen molar-refractivity contribution in [2.75, 3.05) is 5.32 Å². The van der Waals surface area contributed by atoms with E-state index in [-0.39, 0.29) is 17.5 Å². The van der Waals surface area contributed by atoms with E-state index in [1.807, 2.05) is 6.92 Å². The summed E-state index contributed by atoms with van der Waals surface area (Å²) in [6.07, 6.45) is 6.05. The zero-order chi connectivity index (χ0) is 17.8. The maximum absolute atomic E-state index is 12.3. The van der Waals surface area contributed by atoms with Crippen molar-refractivity contribution in [1.29, 1.82) is 0 Å². The summed E-state index contributed by atoms with van der Waals surface area (Å²) in [5.74, 6) is 0.186. The minimum atomic E-state index is -0.402. The maximum Gasteiger partial charge on any atom is 0.269 e. The first kappa shape index (κ1) is 17.5. The van der Waals surface area contributed by atoms with Gasteiger partial charge in [0.1, 0.15) is 0 Å². The molecule has 1 aromatic carbocycles. The fourth-order valence-corrected chi connectivity index (χ4v) is 4.14. The van der Waals surface area contributed by atoms with E-state index >= 15 is 0 Å². The van der Waals surface area contributed by atoms with E-state index in [2.05, 4.69) is 10.3 Å². The molecule has 2 aromatic rings. The second kappa shape index (κ2) is 7.74. The number of benzene rings is 1. The van der Waals surface area contributed by atoms with E-state index < -0.39 is 4.92 Å². The molecule has 1 aliphatic rings. The third kappa shape index (κ3) is 4.42. The summed E-state index contributed by atoms with van der Waals surface area (Å²) in [6.45, 7) is 1.92. The molecule has 0 bridgehead atoms. The van der Waals surface area contributed by atoms with Crippen molar-refractivity contribution in [3.63, 3.8) is 0 Å². The van der Waals surface area contributed by atoms with Crippen LogP contribution >= 0.6 is 11.3 Å². The van der Waals surface area contributed by atoms with Crippen LogP contribution < -0.4 is 5.32 Å². The first-order valence-electron chi connectivity index (χ1n) is 8.53. The number of amides is 1. The summed E-state index contributed by atoms with van der Waals surface area (Å²) in [7, 11) is 0. The monoisotopic (exact) mass is 359 g/mol. The third-order valence-electron chi connectivity index (χ3n) is 4.61. The molecule has 1 fully saturated rings. The van der Waals surface area contributed by atoms with Crippen LogP contribution in [-0.4, -0.2) is 15.8 Å². The van der Waals surface area contributed by atoms with E-state index in [0.717, 1.165) is 41.8 Å². The summed E-state index contributed by atoms with van der Waals surface area (Å²) in [5.41, 5.74) is 1.97. The van der Waals surface area contributed by atoms with E-state index in [1.54, 1.807) is 12.1 Å². The quantitative estimate of drug-likeness (QED) is 0.630. The Morgan fingerprint density at radius 3 is 2.60 bits per heavy atom. The van der Waals surface area contributed by atoms with Gasteiger partial charge in [-0.1, -0.05) is 31.4 Å². The van der Waals surface area contributed by atoms with Gasteiger partial charge in [-0.05, 0) is 25.3 Å². The van der Waals surface area contributed by atoms with Crippen LogP contribution in [0.25, 0.3) is 0 Å². The highest BCUT2D eigenvalue weighted by Gasteiger charge is 2.22. The summed E-state index contributed by atoms with van der Waals surface area (Å²) < 4.78 is 0. The average Bonchev–Trinajstić information content (AvgIpc) is 2.95. The van der Waals surface area contributed by atoms with Gasteiger partial charge in [0.05, 0.1) is 10.6 Å². The Labute approximate surface area is 150 Å². The van der Waals surface area contributed by atoms with Crippen LogP contribution in [0, 0.1) is 23.0 Å². The van der Waals surface area contributed by atoms with Gasteiger partial charge in [0.2, 0.25) is 5.91 Å². The van der Waals surface area contributed by atoms with Crippen molar-refractivity contribution in [3.8, 4) is 0 Å². The molecule has 3 rings (SSSR count). The fourth-order valence-electron chi connectivity index (χ4n) is 3.14. The number of nitrogens with one attached hydrogen (secondary N) is 1. The van der Waals surface area contributed by atoms with Gasteiger partial charge >= 0.3 is 0 Å². The number of nitrogens with zero attached hydrogens (tertiary/aromatic N) is 2. The number of aryl methyl sites for hydroxylation is 1. The highest BCUT2D eigenvalue weighted by molar-refractivity contribution is 7.15. The van der Waals surface area contributed by atoms with E-state index in [1.165, 1.54) is 29.9 Å². The molecule has 0 aliphatic heterocycles. The van der Waals surface area contributed by atoms with Crippen molar-refractivity contribution in [3.05, 3.63) is 50.5 Å². The number of hydrogen-bond donors (Lipinski definition) is 1. The van der Waals surface area contributed by atoms with E-state index in [4.69, 9.17) is 0 Å².